The van der Waals surface area contributed by atoms with Crippen LogP contribution in [0.3, 0.4) is 0 Å². The largest absolute Gasteiger partial charge is 0.396 e. The zero-order valence-electron chi connectivity index (χ0n) is 7.94. The van der Waals surface area contributed by atoms with E-state index in [0.717, 1.165) is 0 Å². The van der Waals surface area contributed by atoms with Gasteiger partial charge in [-0.2, -0.15) is 0 Å². The molecule has 0 saturated carbocycles. The maximum atomic E-state index is 10.6. The summed E-state index contributed by atoms with van der Waals surface area (Å²) in [5.74, 6) is 0. The number of halogens is 1. The van der Waals surface area contributed by atoms with Crippen LogP contribution in [0.15, 0.2) is 18.2 Å². The summed E-state index contributed by atoms with van der Waals surface area (Å²) < 4.78 is 0. The monoisotopic (exact) mass is 230 g/mol. The normalized spacial score (nSPS) is 10.0. The number of nitro groups is 1. The second-order valence-corrected chi connectivity index (χ2v) is 3.36. The molecule has 1 rings (SSSR count). The molecule has 6 heteroatoms. The molecule has 0 fully saturated rings. The van der Waals surface area contributed by atoms with E-state index in [1.165, 1.54) is 18.2 Å². The van der Waals surface area contributed by atoms with Gasteiger partial charge in [-0.15, -0.1) is 0 Å². The van der Waals surface area contributed by atoms with Gasteiger partial charge < -0.3 is 10.4 Å². The van der Waals surface area contributed by atoms with Crippen LogP contribution in [-0.4, -0.2) is 23.2 Å². The van der Waals surface area contributed by atoms with Gasteiger partial charge in [0.25, 0.3) is 5.69 Å². The van der Waals surface area contributed by atoms with Crippen LogP contribution < -0.4 is 5.32 Å². The highest BCUT2D eigenvalue weighted by atomic mass is 35.5. The number of aliphatic hydroxyl groups is 1. The molecule has 2 N–H and O–H groups in total. The van der Waals surface area contributed by atoms with Gasteiger partial charge in [0.1, 0.15) is 5.69 Å². The fraction of sp³-hybridized carbons (Fsp3) is 0.333. The number of benzene rings is 1. The Morgan fingerprint density at radius 2 is 2.27 bits per heavy atom. The Labute approximate surface area is 91.8 Å². The maximum absolute atomic E-state index is 10.6. The summed E-state index contributed by atoms with van der Waals surface area (Å²) in [6.45, 7) is 0.513. The summed E-state index contributed by atoms with van der Waals surface area (Å²) in [6.07, 6.45) is 0.531. The summed E-state index contributed by atoms with van der Waals surface area (Å²) in [5, 5.41) is 22.5. The molecule has 82 valence electrons. The highest BCUT2D eigenvalue weighted by molar-refractivity contribution is 6.31. The van der Waals surface area contributed by atoms with Crippen LogP contribution in [0.25, 0.3) is 0 Å². The highest BCUT2D eigenvalue weighted by Crippen LogP contribution is 2.27. The Morgan fingerprint density at radius 3 is 2.87 bits per heavy atom. The Morgan fingerprint density at radius 1 is 1.53 bits per heavy atom. The molecule has 0 saturated heterocycles. The molecule has 0 bridgehead atoms. The van der Waals surface area contributed by atoms with Crippen LogP contribution in [0.1, 0.15) is 6.42 Å². The van der Waals surface area contributed by atoms with Crippen molar-refractivity contribution in [3.8, 4) is 0 Å². The molecular formula is C9H11ClN2O3. The number of nitrogens with zero attached hydrogens (tertiary/aromatic N) is 1. The van der Waals surface area contributed by atoms with E-state index in [1.807, 2.05) is 0 Å². The van der Waals surface area contributed by atoms with Crippen molar-refractivity contribution < 1.29 is 10.0 Å². The molecule has 5 nitrogen and oxygen atoms in total. The van der Waals surface area contributed by atoms with Crippen LogP contribution in [0.4, 0.5) is 11.4 Å². The lowest BCUT2D eigenvalue weighted by atomic mass is 10.2. The third kappa shape index (κ3) is 3.38. The fourth-order valence-corrected chi connectivity index (χ4v) is 1.28. The van der Waals surface area contributed by atoms with E-state index in [1.54, 1.807) is 0 Å². The SMILES string of the molecule is O=[N+]([O-])c1ccc(Cl)cc1NCCCO. The van der Waals surface area contributed by atoms with E-state index in [2.05, 4.69) is 5.32 Å². The van der Waals surface area contributed by atoms with E-state index in [9.17, 15) is 10.1 Å². The maximum Gasteiger partial charge on any atom is 0.292 e. The summed E-state index contributed by atoms with van der Waals surface area (Å²) in [7, 11) is 0. The van der Waals surface area contributed by atoms with Crippen LogP contribution in [0.2, 0.25) is 5.02 Å². The number of nitro benzene ring substituents is 1. The predicted octanol–water partition coefficient (Wildman–Crippen LogP) is 2.04. The van der Waals surface area contributed by atoms with Crippen molar-refractivity contribution in [1.29, 1.82) is 0 Å². The Balaban J connectivity index is 2.82. The number of anilines is 1. The van der Waals surface area contributed by atoms with E-state index in [-0.39, 0.29) is 12.3 Å². The van der Waals surface area contributed by atoms with E-state index >= 15 is 0 Å². The lowest BCUT2D eigenvalue weighted by molar-refractivity contribution is -0.384. The Kier molecular flexibility index (Phi) is 4.33. The second kappa shape index (κ2) is 5.53. The summed E-state index contributed by atoms with van der Waals surface area (Å²) >= 11 is 5.72. The molecule has 1 aromatic carbocycles. The van der Waals surface area contributed by atoms with E-state index in [4.69, 9.17) is 16.7 Å². The number of nitrogens with one attached hydrogen (secondary N) is 1. The first-order valence-electron chi connectivity index (χ1n) is 4.44. The van der Waals surface area contributed by atoms with Crippen molar-refractivity contribution in [1.82, 2.24) is 0 Å². The van der Waals surface area contributed by atoms with Gasteiger partial charge in [0.05, 0.1) is 4.92 Å². The van der Waals surface area contributed by atoms with Crippen LogP contribution in [0, 0.1) is 10.1 Å². The van der Waals surface area contributed by atoms with E-state index in [0.29, 0.717) is 23.7 Å². The van der Waals surface area contributed by atoms with Crippen LogP contribution in [-0.2, 0) is 0 Å². The van der Waals surface area contributed by atoms with Gasteiger partial charge >= 0.3 is 0 Å². The van der Waals surface area contributed by atoms with Gasteiger partial charge in [0.2, 0.25) is 0 Å². The van der Waals surface area contributed by atoms with E-state index < -0.39 is 4.92 Å². The van der Waals surface area contributed by atoms with Crippen molar-refractivity contribution >= 4 is 23.0 Å². The Hall–Kier alpha value is -1.33. The highest BCUT2D eigenvalue weighted by Gasteiger charge is 2.12. The van der Waals surface area contributed by atoms with Crippen molar-refractivity contribution in [3.63, 3.8) is 0 Å². The number of rotatable bonds is 5. The lowest BCUT2D eigenvalue weighted by Gasteiger charge is -2.06. The third-order valence-corrected chi connectivity index (χ3v) is 2.04. The van der Waals surface area contributed by atoms with Crippen LogP contribution >= 0.6 is 11.6 Å². The molecule has 0 aromatic heterocycles. The molecule has 0 radical (unpaired) electrons. The molecule has 0 aliphatic carbocycles. The van der Waals surface area contributed by atoms with Gasteiger partial charge in [-0.3, -0.25) is 10.1 Å². The van der Waals surface area contributed by atoms with Crippen molar-refractivity contribution in [2.75, 3.05) is 18.5 Å². The molecule has 0 spiro atoms. The molecule has 0 heterocycles. The van der Waals surface area contributed by atoms with Crippen molar-refractivity contribution in [2.24, 2.45) is 0 Å². The van der Waals surface area contributed by atoms with Gasteiger partial charge in [-0.05, 0) is 18.6 Å². The molecular weight excluding hydrogens is 220 g/mol. The minimum absolute atomic E-state index is 0.0164. The first kappa shape index (κ1) is 11.7. The number of hydrogen-bond acceptors (Lipinski definition) is 4. The quantitative estimate of drug-likeness (QED) is 0.461. The zero-order chi connectivity index (χ0) is 11.3. The first-order chi connectivity index (χ1) is 7.15. The molecule has 0 atom stereocenters. The smallest absolute Gasteiger partial charge is 0.292 e. The van der Waals surface area contributed by atoms with Gasteiger partial charge in [-0.25, -0.2) is 0 Å². The minimum atomic E-state index is -0.475. The van der Waals surface area contributed by atoms with Crippen molar-refractivity contribution in [2.45, 2.75) is 6.42 Å². The number of hydrogen-bond donors (Lipinski definition) is 2. The zero-order valence-corrected chi connectivity index (χ0v) is 8.70. The van der Waals surface area contributed by atoms with Gasteiger partial charge in [-0.1, -0.05) is 11.6 Å². The molecule has 0 aliphatic rings. The molecule has 0 unspecified atom stereocenters. The van der Waals surface area contributed by atoms with Gasteiger partial charge in [0.15, 0.2) is 0 Å². The Bertz CT molecular complexity index is 357. The molecule has 0 aliphatic heterocycles. The standard InChI is InChI=1S/C9H11ClN2O3/c10-7-2-3-9(12(14)15)8(6-7)11-4-1-5-13/h2-3,6,11,13H,1,4-5H2. The number of aliphatic hydroxyl groups excluding tert-OH is 1. The first-order valence-corrected chi connectivity index (χ1v) is 4.81. The molecule has 15 heavy (non-hydrogen) atoms. The fourth-order valence-electron chi connectivity index (χ4n) is 1.11. The van der Waals surface area contributed by atoms with Crippen LogP contribution in [0.5, 0.6) is 0 Å². The third-order valence-electron chi connectivity index (χ3n) is 1.81. The average molecular weight is 231 g/mol. The molecule has 0 amide bonds. The average Bonchev–Trinajstić information content (AvgIpc) is 2.18. The predicted molar refractivity (Wildman–Crippen MR) is 58.3 cm³/mol. The summed E-state index contributed by atoms with van der Waals surface area (Å²) in [4.78, 5) is 10.2. The topological polar surface area (TPSA) is 75.4 Å². The minimum Gasteiger partial charge on any atom is -0.396 e. The summed E-state index contributed by atoms with van der Waals surface area (Å²) in [5.41, 5.74) is 0.360. The van der Waals surface area contributed by atoms with Gasteiger partial charge in [0, 0.05) is 24.2 Å². The second-order valence-electron chi connectivity index (χ2n) is 2.92. The lowest BCUT2D eigenvalue weighted by Crippen LogP contribution is -2.05. The molecule has 1 aromatic rings. The summed E-state index contributed by atoms with van der Waals surface area (Å²) in [6, 6.07) is 4.32. The van der Waals surface area contributed by atoms with Crippen molar-refractivity contribution in [3.05, 3.63) is 33.3 Å².